The van der Waals surface area contributed by atoms with E-state index in [0.717, 1.165) is 35.5 Å². The minimum Gasteiger partial charge on any atom is -0.497 e. The molecule has 0 radical (unpaired) electrons. The number of methoxy groups -OCH3 is 3. The van der Waals surface area contributed by atoms with Crippen LogP contribution < -0.4 is 23.8 Å². The van der Waals surface area contributed by atoms with Crippen molar-refractivity contribution in [2.75, 3.05) is 45.9 Å². The van der Waals surface area contributed by atoms with Crippen LogP contribution in [-0.2, 0) is 17.8 Å². The van der Waals surface area contributed by atoms with Crippen molar-refractivity contribution >= 4 is 11.6 Å². The Morgan fingerprint density at radius 2 is 1.80 bits per heavy atom. The normalized spacial score (nSPS) is 17.1. The van der Waals surface area contributed by atoms with Gasteiger partial charge < -0.3 is 18.9 Å². The van der Waals surface area contributed by atoms with Crippen molar-refractivity contribution in [3.8, 4) is 23.0 Å². The zero-order valence-corrected chi connectivity index (χ0v) is 20.3. The van der Waals surface area contributed by atoms with Gasteiger partial charge in [-0.2, -0.15) is 0 Å². The number of para-hydroxylation sites is 2. The molecule has 1 unspecified atom stereocenters. The van der Waals surface area contributed by atoms with Gasteiger partial charge in [0.1, 0.15) is 29.6 Å². The first-order valence-electron chi connectivity index (χ1n) is 11.8. The number of carbonyl (C=O) groups excluding carboxylic acids is 1. The molecule has 182 valence electrons. The summed E-state index contributed by atoms with van der Waals surface area (Å²) in [6.07, 6.45) is 0.882. The van der Waals surface area contributed by atoms with Crippen LogP contribution in [0.25, 0.3) is 0 Å². The van der Waals surface area contributed by atoms with Gasteiger partial charge in [0.05, 0.1) is 39.6 Å². The highest BCUT2D eigenvalue weighted by molar-refractivity contribution is 5.97. The quantitative estimate of drug-likeness (QED) is 0.533. The molecule has 0 aromatic heterocycles. The molecular formula is C28H30N2O5. The second-order valence-corrected chi connectivity index (χ2v) is 8.72. The average molecular weight is 475 g/mol. The third-order valence-electron chi connectivity index (χ3n) is 6.79. The van der Waals surface area contributed by atoms with Crippen LogP contribution in [-0.4, -0.2) is 51.8 Å². The van der Waals surface area contributed by atoms with E-state index in [4.69, 9.17) is 18.9 Å². The van der Waals surface area contributed by atoms with Crippen LogP contribution in [0.3, 0.4) is 0 Å². The standard InChI is InChI=1S/C28H30N2O5/c1-32-20-11-12-26(34-3)21(15-20)24-18-35-27-9-5-4-8-23(27)30(24)28(31)17-29-14-13-19-7-6-10-25(33-2)22(19)16-29/h4-12,15,24H,13-14,16-18H2,1-3H3. The summed E-state index contributed by atoms with van der Waals surface area (Å²) < 4.78 is 22.8. The van der Waals surface area contributed by atoms with E-state index in [1.165, 1.54) is 5.56 Å². The number of fused-ring (bicyclic) bond motifs is 2. The highest BCUT2D eigenvalue weighted by Gasteiger charge is 2.36. The van der Waals surface area contributed by atoms with Crippen molar-refractivity contribution in [1.82, 2.24) is 4.90 Å². The Morgan fingerprint density at radius 3 is 2.60 bits per heavy atom. The fraction of sp³-hybridized carbons (Fsp3) is 0.321. The van der Waals surface area contributed by atoms with Crippen molar-refractivity contribution in [2.24, 2.45) is 0 Å². The molecule has 3 aromatic rings. The summed E-state index contributed by atoms with van der Waals surface area (Å²) in [6.45, 7) is 2.09. The topological polar surface area (TPSA) is 60.5 Å². The molecule has 0 aliphatic carbocycles. The predicted octanol–water partition coefficient (Wildman–Crippen LogP) is 4.24. The second kappa shape index (κ2) is 9.88. The maximum Gasteiger partial charge on any atom is 0.241 e. The van der Waals surface area contributed by atoms with Crippen molar-refractivity contribution in [2.45, 2.75) is 19.0 Å². The zero-order chi connectivity index (χ0) is 24.4. The van der Waals surface area contributed by atoms with Gasteiger partial charge in [-0.25, -0.2) is 0 Å². The first kappa shape index (κ1) is 23.1. The average Bonchev–Trinajstić information content (AvgIpc) is 2.91. The number of benzene rings is 3. The Bertz CT molecular complexity index is 1210. The number of nitrogens with zero attached hydrogens (tertiary/aromatic N) is 2. The Kier molecular flexibility index (Phi) is 6.51. The molecule has 2 heterocycles. The van der Waals surface area contributed by atoms with E-state index < -0.39 is 0 Å². The van der Waals surface area contributed by atoms with Crippen LogP contribution in [0.4, 0.5) is 5.69 Å². The van der Waals surface area contributed by atoms with Crippen LogP contribution in [0.2, 0.25) is 0 Å². The summed E-state index contributed by atoms with van der Waals surface area (Å²) in [4.78, 5) is 18.0. The summed E-state index contributed by atoms with van der Waals surface area (Å²) >= 11 is 0. The minimum atomic E-state index is -0.353. The van der Waals surface area contributed by atoms with Gasteiger partial charge in [-0.1, -0.05) is 24.3 Å². The van der Waals surface area contributed by atoms with Crippen molar-refractivity contribution in [3.63, 3.8) is 0 Å². The molecule has 0 N–H and O–H groups in total. The van der Waals surface area contributed by atoms with Crippen molar-refractivity contribution in [1.29, 1.82) is 0 Å². The number of hydrogen-bond acceptors (Lipinski definition) is 6. The first-order chi connectivity index (χ1) is 17.1. The maximum atomic E-state index is 14.0. The summed E-state index contributed by atoms with van der Waals surface area (Å²) in [5.74, 6) is 2.97. The maximum absolute atomic E-state index is 14.0. The molecule has 2 aliphatic rings. The predicted molar refractivity (Wildman–Crippen MR) is 134 cm³/mol. The van der Waals surface area contributed by atoms with Crippen LogP contribution in [0.1, 0.15) is 22.7 Å². The fourth-order valence-corrected chi connectivity index (χ4v) is 5.03. The lowest BCUT2D eigenvalue weighted by atomic mass is 9.98. The van der Waals surface area contributed by atoms with Crippen molar-refractivity contribution in [3.05, 3.63) is 77.4 Å². The first-order valence-corrected chi connectivity index (χ1v) is 11.8. The Labute approximate surface area is 205 Å². The number of ether oxygens (including phenoxy) is 4. The smallest absolute Gasteiger partial charge is 0.241 e. The molecule has 1 atom stereocenters. The van der Waals surface area contributed by atoms with Crippen LogP contribution in [0.5, 0.6) is 23.0 Å². The minimum absolute atomic E-state index is 0.00831. The molecule has 5 rings (SSSR count). The lowest BCUT2D eigenvalue weighted by molar-refractivity contribution is -0.120. The molecule has 0 spiro atoms. The van der Waals surface area contributed by atoms with Gasteiger partial charge >= 0.3 is 0 Å². The molecule has 7 nitrogen and oxygen atoms in total. The SMILES string of the molecule is COc1ccc(OC)c(C2COc3ccccc3N2C(=O)CN2CCc3cccc(OC)c3C2)c1. The molecule has 0 fully saturated rings. The van der Waals surface area contributed by atoms with Gasteiger partial charge in [0.2, 0.25) is 5.91 Å². The number of anilines is 1. The summed E-state index contributed by atoms with van der Waals surface area (Å²) in [5.41, 5.74) is 4.04. The molecule has 0 bridgehead atoms. The van der Waals surface area contributed by atoms with E-state index in [0.29, 0.717) is 30.4 Å². The largest absolute Gasteiger partial charge is 0.497 e. The monoisotopic (exact) mass is 474 g/mol. The second-order valence-electron chi connectivity index (χ2n) is 8.72. The molecular weight excluding hydrogens is 444 g/mol. The molecule has 3 aromatic carbocycles. The van der Waals surface area contributed by atoms with E-state index in [-0.39, 0.29) is 18.5 Å². The third-order valence-corrected chi connectivity index (χ3v) is 6.79. The molecule has 0 saturated carbocycles. The highest BCUT2D eigenvalue weighted by atomic mass is 16.5. The number of hydrogen-bond donors (Lipinski definition) is 0. The summed E-state index contributed by atoms with van der Waals surface area (Å²) in [6, 6.07) is 19.1. The van der Waals surface area contributed by atoms with Gasteiger partial charge in [-0.3, -0.25) is 14.6 Å². The van der Waals surface area contributed by atoms with Crippen molar-refractivity contribution < 1.29 is 23.7 Å². The van der Waals surface area contributed by atoms with Gasteiger partial charge in [-0.05, 0) is 48.4 Å². The number of carbonyl (C=O) groups is 1. The Morgan fingerprint density at radius 1 is 0.971 bits per heavy atom. The number of amides is 1. The zero-order valence-electron chi connectivity index (χ0n) is 20.3. The van der Waals surface area contributed by atoms with Crippen LogP contribution in [0.15, 0.2) is 60.7 Å². The number of rotatable bonds is 6. The van der Waals surface area contributed by atoms with Gasteiger partial charge in [0, 0.05) is 24.2 Å². The van der Waals surface area contributed by atoms with Gasteiger partial charge in [0.25, 0.3) is 0 Å². The van der Waals surface area contributed by atoms with E-state index in [2.05, 4.69) is 11.0 Å². The van der Waals surface area contributed by atoms with E-state index in [1.54, 1.807) is 21.3 Å². The lowest BCUT2D eigenvalue weighted by Gasteiger charge is -2.39. The molecule has 35 heavy (non-hydrogen) atoms. The molecule has 7 heteroatoms. The van der Waals surface area contributed by atoms with Crippen LogP contribution in [0, 0.1) is 0 Å². The molecule has 2 aliphatic heterocycles. The van der Waals surface area contributed by atoms with E-state index >= 15 is 0 Å². The summed E-state index contributed by atoms with van der Waals surface area (Å²) in [7, 11) is 4.95. The van der Waals surface area contributed by atoms with Crippen LogP contribution >= 0.6 is 0 Å². The lowest BCUT2D eigenvalue weighted by Crippen LogP contribution is -2.47. The molecule has 0 saturated heterocycles. The Balaban J connectivity index is 1.47. The van der Waals surface area contributed by atoms with E-state index in [9.17, 15) is 4.79 Å². The van der Waals surface area contributed by atoms with E-state index in [1.807, 2.05) is 59.5 Å². The highest BCUT2D eigenvalue weighted by Crippen LogP contribution is 2.42. The third kappa shape index (κ3) is 4.39. The molecule has 1 amide bonds. The summed E-state index contributed by atoms with van der Waals surface area (Å²) in [5, 5.41) is 0. The Hall–Kier alpha value is -3.71. The van der Waals surface area contributed by atoms with Gasteiger partial charge in [-0.15, -0.1) is 0 Å². The van der Waals surface area contributed by atoms with Gasteiger partial charge in [0.15, 0.2) is 0 Å². The fourth-order valence-electron chi connectivity index (χ4n) is 5.03.